The van der Waals surface area contributed by atoms with Gasteiger partial charge in [-0.1, -0.05) is 6.07 Å². The molecular formula is C19H20N4O3. The van der Waals surface area contributed by atoms with Crippen molar-refractivity contribution in [2.24, 2.45) is 0 Å². The molecule has 0 saturated carbocycles. The molecule has 1 saturated heterocycles. The Hall–Kier alpha value is -2.50. The SMILES string of the molecule is N#Cc1ccc2c(c1)C(c1ccc(CN3CCOCC3)cn1)C(O)(O)N2. The van der Waals surface area contributed by atoms with Crippen LogP contribution >= 0.6 is 0 Å². The van der Waals surface area contributed by atoms with Gasteiger partial charge in [-0.3, -0.25) is 9.88 Å². The Morgan fingerprint density at radius 1 is 1.27 bits per heavy atom. The lowest BCUT2D eigenvalue weighted by molar-refractivity contribution is -0.141. The van der Waals surface area contributed by atoms with Gasteiger partial charge in [-0.05, 0) is 35.4 Å². The van der Waals surface area contributed by atoms with E-state index < -0.39 is 11.8 Å². The molecule has 7 heteroatoms. The molecule has 4 rings (SSSR count). The first-order chi connectivity index (χ1) is 12.6. The number of anilines is 1. The Kier molecular flexibility index (Phi) is 4.34. The van der Waals surface area contributed by atoms with Gasteiger partial charge in [-0.25, -0.2) is 0 Å². The molecule has 3 N–H and O–H groups in total. The maximum atomic E-state index is 10.4. The topological polar surface area (TPSA) is 102 Å². The molecule has 1 unspecified atom stereocenters. The number of nitriles is 1. The van der Waals surface area contributed by atoms with Crippen LogP contribution in [-0.2, 0) is 11.3 Å². The molecule has 2 aromatic rings. The summed E-state index contributed by atoms with van der Waals surface area (Å²) in [5.74, 6) is -2.90. The van der Waals surface area contributed by atoms with Crippen LogP contribution in [0.4, 0.5) is 5.69 Å². The number of benzene rings is 1. The Morgan fingerprint density at radius 3 is 2.77 bits per heavy atom. The van der Waals surface area contributed by atoms with Gasteiger partial charge in [0.2, 0.25) is 0 Å². The van der Waals surface area contributed by atoms with Crippen LogP contribution in [0.3, 0.4) is 0 Å². The van der Waals surface area contributed by atoms with E-state index in [0.717, 1.165) is 38.4 Å². The predicted molar refractivity (Wildman–Crippen MR) is 94.1 cm³/mol. The first-order valence-electron chi connectivity index (χ1n) is 8.59. The first-order valence-corrected chi connectivity index (χ1v) is 8.59. The van der Waals surface area contributed by atoms with Crippen molar-refractivity contribution in [3.05, 3.63) is 58.9 Å². The van der Waals surface area contributed by atoms with Crippen molar-refractivity contribution >= 4 is 5.69 Å². The molecule has 1 atom stereocenters. The number of aromatic nitrogens is 1. The van der Waals surface area contributed by atoms with E-state index in [1.807, 2.05) is 12.1 Å². The van der Waals surface area contributed by atoms with Gasteiger partial charge in [-0.2, -0.15) is 5.26 Å². The van der Waals surface area contributed by atoms with E-state index in [4.69, 9.17) is 10.00 Å². The zero-order valence-corrected chi connectivity index (χ0v) is 14.2. The Balaban J connectivity index is 1.60. The van der Waals surface area contributed by atoms with Crippen molar-refractivity contribution < 1.29 is 14.9 Å². The summed E-state index contributed by atoms with van der Waals surface area (Å²) in [5, 5.41) is 32.7. The second-order valence-corrected chi connectivity index (χ2v) is 6.68. The number of rotatable bonds is 3. The number of hydrogen-bond donors (Lipinski definition) is 3. The number of fused-ring (bicyclic) bond motifs is 1. The number of nitrogens with zero attached hydrogens (tertiary/aromatic N) is 3. The molecule has 7 nitrogen and oxygen atoms in total. The number of ether oxygens (including phenoxy) is 1. The molecule has 134 valence electrons. The van der Waals surface area contributed by atoms with E-state index >= 15 is 0 Å². The zero-order valence-electron chi connectivity index (χ0n) is 14.2. The lowest BCUT2D eigenvalue weighted by Crippen LogP contribution is -2.39. The molecule has 26 heavy (non-hydrogen) atoms. The number of nitrogens with one attached hydrogen (secondary N) is 1. The molecule has 1 fully saturated rings. The average Bonchev–Trinajstić information content (AvgIpc) is 2.92. The lowest BCUT2D eigenvalue weighted by Gasteiger charge is -2.27. The van der Waals surface area contributed by atoms with Crippen LogP contribution in [0.15, 0.2) is 36.5 Å². The highest BCUT2D eigenvalue weighted by atomic mass is 16.5. The highest BCUT2D eigenvalue weighted by Crippen LogP contribution is 2.43. The van der Waals surface area contributed by atoms with E-state index in [0.29, 0.717) is 22.5 Å². The summed E-state index contributed by atoms with van der Waals surface area (Å²) in [6.07, 6.45) is 1.77. The third-order valence-corrected chi connectivity index (χ3v) is 4.87. The normalized spacial score (nSPS) is 21.7. The van der Waals surface area contributed by atoms with Crippen molar-refractivity contribution in [3.8, 4) is 6.07 Å². The summed E-state index contributed by atoms with van der Waals surface area (Å²) in [6.45, 7) is 4.08. The first kappa shape index (κ1) is 16.9. The van der Waals surface area contributed by atoms with Gasteiger partial charge in [0.25, 0.3) is 5.91 Å². The summed E-state index contributed by atoms with van der Waals surface area (Å²) < 4.78 is 5.36. The summed E-state index contributed by atoms with van der Waals surface area (Å²) >= 11 is 0. The summed E-state index contributed by atoms with van der Waals surface area (Å²) in [6, 6.07) is 10.9. The van der Waals surface area contributed by atoms with Crippen molar-refractivity contribution in [1.29, 1.82) is 5.26 Å². The fourth-order valence-corrected chi connectivity index (χ4v) is 3.56. The van der Waals surface area contributed by atoms with Crippen molar-refractivity contribution in [2.75, 3.05) is 31.6 Å². The third kappa shape index (κ3) is 3.16. The lowest BCUT2D eigenvalue weighted by atomic mass is 9.93. The molecule has 0 aliphatic carbocycles. The van der Waals surface area contributed by atoms with Gasteiger partial charge in [-0.15, -0.1) is 0 Å². The molecular weight excluding hydrogens is 332 g/mol. The van der Waals surface area contributed by atoms with Crippen molar-refractivity contribution in [2.45, 2.75) is 18.4 Å². The second-order valence-electron chi connectivity index (χ2n) is 6.68. The van der Waals surface area contributed by atoms with Crippen LogP contribution < -0.4 is 5.32 Å². The third-order valence-electron chi connectivity index (χ3n) is 4.87. The minimum atomic E-state index is -2.14. The molecule has 2 aliphatic heterocycles. The van der Waals surface area contributed by atoms with E-state index in [1.165, 1.54) is 0 Å². The fourth-order valence-electron chi connectivity index (χ4n) is 3.56. The summed E-state index contributed by atoms with van der Waals surface area (Å²) in [4.78, 5) is 6.78. The summed E-state index contributed by atoms with van der Waals surface area (Å²) in [7, 11) is 0. The molecule has 1 aromatic carbocycles. The number of morpholine rings is 1. The van der Waals surface area contributed by atoms with Gasteiger partial charge in [0.1, 0.15) is 5.92 Å². The summed E-state index contributed by atoms with van der Waals surface area (Å²) in [5.41, 5.74) is 3.33. The van der Waals surface area contributed by atoms with Gasteiger partial charge >= 0.3 is 0 Å². The standard InChI is InChI=1S/C19H20N4O3/c20-10-13-1-3-16-15(9-13)18(19(24,25)22-16)17-4-2-14(11-21-17)12-23-5-7-26-8-6-23/h1-4,9,11,18,22,24-25H,5-8,12H2. The van der Waals surface area contributed by atoms with Crippen molar-refractivity contribution in [1.82, 2.24) is 9.88 Å². The fraction of sp³-hybridized carbons (Fsp3) is 0.368. The minimum absolute atomic E-state index is 0.470. The van der Waals surface area contributed by atoms with Gasteiger partial charge in [0.15, 0.2) is 0 Å². The molecule has 2 aliphatic rings. The van der Waals surface area contributed by atoms with E-state index in [9.17, 15) is 10.2 Å². The molecule has 0 amide bonds. The van der Waals surface area contributed by atoms with Crippen LogP contribution in [-0.4, -0.2) is 52.3 Å². The molecule has 0 spiro atoms. The van der Waals surface area contributed by atoms with Crippen LogP contribution in [0.1, 0.15) is 28.3 Å². The van der Waals surface area contributed by atoms with Gasteiger partial charge < -0.3 is 20.3 Å². The quantitative estimate of drug-likeness (QED) is 0.708. The second kappa shape index (κ2) is 6.67. The zero-order chi connectivity index (χ0) is 18.1. The Labute approximate surface area is 151 Å². The molecule has 1 aromatic heterocycles. The number of pyridine rings is 1. The highest BCUT2D eigenvalue weighted by Gasteiger charge is 2.45. The van der Waals surface area contributed by atoms with Crippen LogP contribution in [0.2, 0.25) is 0 Å². The van der Waals surface area contributed by atoms with Gasteiger partial charge in [0.05, 0.1) is 30.5 Å². The maximum absolute atomic E-state index is 10.4. The smallest absolute Gasteiger partial charge is 0.257 e. The van der Waals surface area contributed by atoms with E-state index in [1.54, 1.807) is 24.4 Å². The minimum Gasteiger partial charge on any atom is -0.379 e. The van der Waals surface area contributed by atoms with E-state index in [-0.39, 0.29) is 0 Å². The largest absolute Gasteiger partial charge is 0.379 e. The molecule has 3 heterocycles. The van der Waals surface area contributed by atoms with Crippen LogP contribution in [0.25, 0.3) is 0 Å². The van der Waals surface area contributed by atoms with Crippen molar-refractivity contribution in [3.63, 3.8) is 0 Å². The predicted octanol–water partition coefficient (Wildman–Crippen LogP) is 0.981. The van der Waals surface area contributed by atoms with Gasteiger partial charge in [0, 0.05) is 31.5 Å². The highest BCUT2D eigenvalue weighted by molar-refractivity contribution is 5.64. The maximum Gasteiger partial charge on any atom is 0.257 e. The Bertz CT molecular complexity index is 839. The van der Waals surface area contributed by atoms with Crippen LogP contribution in [0.5, 0.6) is 0 Å². The van der Waals surface area contributed by atoms with Crippen LogP contribution in [0, 0.1) is 11.3 Å². The number of hydrogen-bond acceptors (Lipinski definition) is 7. The van der Waals surface area contributed by atoms with E-state index in [2.05, 4.69) is 21.3 Å². The monoisotopic (exact) mass is 352 g/mol. The molecule has 0 radical (unpaired) electrons. The Morgan fingerprint density at radius 2 is 2.08 bits per heavy atom. The average molecular weight is 352 g/mol. The number of aliphatic hydroxyl groups is 2. The molecule has 0 bridgehead atoms.